The van der Waals surface area contributed by atoms with E-state index in [1.54, 1.807) is 24.5 Å². The van der Waals surface area contributed by atoms with E-state index in [1.807, 2.05) is 17.9 Å². The lowest BCUT2D eigenvalue weighted by Crippen LogP contribution is -2.56. The van der Waals surface area contributed by atoms with E-state index in [9.17, 15) is 14.0 Å². The third kappa shape index (κ3) is 5.29. The van der Waals surface area contributed by atoms with Gasteiger partial charge in [0, 0.05) is 50.2 Å². The van der Waals surface area contributed by atoms with Crippen molar-refractivity contribution < 1.29 is 18.7 Å². The second-order valence-corrected chi connectivity index (χ2v) is 7.02. The smallest absolute Gasteiger partial charge is 0.237 e. The van der Waals surface area contributed by atoms with Crippen molar-refractivity contribution in [1.82, 2.24) is 20.5 Å². The molecule has 0 radical (unpaired) electrons. The Balaban J connectivity index is 1.64. The van der Waals surface area contributed by atoms with Crippen LogP contribution in [0.3, 0.4) is 0 Å². The monoisotopic (exact) mass is 400 g/mol. The minimum atomic E-state index is -0.649. The molecule has 1 atom stereocenters. The first kappa shape index (κ1) is 20.7. The van der Waals surface area contributed by atoms with E-state index < -0.39 is 11.9 Å². The molecule has 1 fully saturated rings. The molecule has 7 nitrogen and oxygen atoms in total. The number of carbonyl (C=O) groups is 2. The number of carbonyl (C=O) groups excluding carboxylic acids is 2. The number of ether oxygens (including phenoxy) is 1. The predicted octanol–water partition coefficient (Wildman–Crippen LogP) is 1.54. The van der Waals surface area contributed by atoms with Gasteiger partial charge in [0.2, 0.25) is 11.8 Å². The van der Waals surface area contributed by atoms with E-state index in [0.29, 0.717) is 30.9 Å². The van der Waals surface area contributed by atoms with Crippen LogP contribution in [0.1, 0.15) is 23.1 Å². The Kier molecular flexibility index (Phi) is 6.77. The van der Waals surface area contributed by atoms with Crippen LogP contribution in [0.4, 0.5) is 4.39 Å². The fourth-order valence-corrected chi connectivity index (χ4v) is 3.32. The van der Waals surface area contributed by atoms with Gasteiger partial charge in [0.15, 0.2) is 0 Å². The number of piperazine rings is 1. The van der Waals surface area contributed by atoms with Crippen LogP contribution in [-0.4, -0.2) is 47.9 Å². The predicted molar refractivity (Wildman–Crippen MR) is 106 cm³/mol. The molecule has 1 saturated heterocycles. The molecule has 2 aromatic rings. The zero-order chi connectivity index (χ0) is 20.8. The Bertz CT molecular complexity index is 890. The normalized spacial score (nSPS) is 16.9. The largest absolute Gasteiger partial charge is 0.497 e. The molecule has 29 heavy (non-hydrogen) atoms. The van der Waals surface area contributed by atoms with Crippen LogP contribution in [-0.2, 0) is 22.7 Å². The molecule has 0 unspecified atom stereocenters. The molecule has 1 aromatic carbocycles. The molecule has 0 bridgehead atoms. The average Bonchev–Trinajstić information content (AvgIpc) is 2.71. The molecule has 0 saturated carbocycles. The van der Waals surface area contributed by atoms with E-state index in [-0.39, 0.29) is 24.8 Å². The van der Waals surface area contributed by atoms with Crippen molar-refractivity contribution in [2.24, 2.45) is 0 Å². The summed E-state index contributed by atoms with van der Waals surface area (Å²) >= 11 is 0. The second-order valence-electron chi connectivity index (χ2n) is 7.02. The minimum Gasteiger partial charge on any atom is -0.497 e. The summed E-state index contributed by atoms with van der Waals surface area (Å²) < 4.78 is 19.4. The van der Waals surface area contributed by atoms with Gasteiger partial charge in [0.1, 0.15) is 11.6 Å². The molecule has 2 heterocycles. The first-order valence-corrected chi connectivity index (χ1v) is 9.48. The summed E-state index contributed by atoms with van der Waals surface area (Å²) in [5.74, 6) is -0.416. The number of amides is 2. The van der Waals surface area contributed by atoms with Crippen molar-refractivity contribution in [3.8, 4) is 5.75 Å². The lowest BCUT2D eigenvalue weighted by molar-refractivity contribution is -0.134. The van der Waals surface area contributed by atoms with Crippen LogP contribution >= 0.6 is 0 Å². The van der Waals surface area contributed by atoms with Gasteiger partial charge in [-0.1, -0.05) is 6.07 Å². The average molecular weight is 400 g/mol. The van der Waals surface area contributed by atoms with Gasteiger partial charge in [-0.3, -0.25) is 19.5 Å². The molecule has 0 spiro atoms. The van der Waals surface area contributed by atoms with E-state index in [0.717, 1.165) is 11.1 Å². The summed E-state index contributed by atoms with van der Waals surface area (Å²) in [6.07, 6.45) is 3.42. The maximum Gasteiger partial charge on any atom is 0.237 e. The van der Waals surface area contributed by atoms with Gasteiger partial charge in [-0.05, 0) is 30.2 Å². The van der Waals surface area contributed by atoms with E-state index >= 15 is 0 Å². The SMILES string of the molecule is COc1ccc(CN2CCNC(=O)[C@H]2CC(=O)NCc2ccncc2C)c(F)c1. The summed E-state index contributed by atoms with van der Waals surface area (Å²) in [5, 5.41) is 5.64. The first-order valence-electron chi connectivity index (χ1n) is 9.48. The maximum absolute atomic E-state index is 14.3. The lowest BCUT2D eigenvalue weighted by atomic mass is 10.1. The van der Waals surface area contributed by atoms with Crippen molar-refractivity contribution >= 4 is 11.8 Å². The number of methoxy groups -OCH3 is 1. The van der Waals surface area contributed by atoms with Crippen LogP contribution in [0, 0.1) is 12.7 Å². The Hall–Kier alpha value is -3.00. The Labute approximate surface area is 169 Å². The zero-order valence-electron chi connectivity index (χ0n) is 16.6. The Morgan fingerprint density at radius 1 is 1.38 bits per heavy atom. The van der Waals surface area contributed by atoms with Crippen LogP contribution in [0.5, 0.6) is 5.75 Å². The third-order valence-corrected chi connectivity index (χ3v) is 5.07. The molecule has 8 heteroatoms. The number of pyridine rings is 1. The van der Waals surface area contributed by atoms with Crippen LogP contribution in [0.25, 0.3) is 0 Å². The van der Waals surface area contributed by atoms with E-state index in [4.69, 9.17) is 4.74 Å². The molecule has 0 aliphatic carbocycles. The molecule has 2 amide bonds. The number of benzene rings is 1. The summed E-state index contributed by atoms with van der Waals surface area (Å²) in [7, 11) is 1.48. The van der Waals surface area contributed by atoms with Crippen molar-refractivity contribution in [2.75, 3.05) is 20.2 Å². The molecule has 1 aliphatic heterocycles. The number of nitrogens with zero attached hydrogens (tertiary/aromatic N) is 2. The Morgan fingerprint density at radius 3 is 2.93 bits per heavy atom. The van der Waals surface area contributed by atoms with Gasteiger partial charge in [-0.25, -0.2) is 4.39 Å². The highest BCUT2D eigenvalue weighted by Gasteiger charge is 2.32. The highest BCUT2D eigenvalue weighted by Crippen LogP contribution is 2.20. The van der Waals surface area contributed by atoms with Gasteiger partial charge < -0.3 is 15.4 Å². The standard InChI is InChI=1S/C21H25FN4O3/c1-14-11-23-6-5-15(14)12-25-20(27)10-19-21(28)24-7-8-26(19)13-16-3-4-17(29-2)9-18(16)22/h3-6,9,11,19H,7-8,10,12-13H2,1-2H3,(H,24,28)(H,25,27)/t19-/m1/s1. The van der Waals surface area contributed by atoms with E-state index in [1.165, 1.54) is 13.2 Å². The van der Waals surface area contributed by atoms with Crippen LogP contribution in [0.15, 0.2) is 36.7 Å². The van der Waals surface area contributed by atoms with Gasteiger partial charge in [0.05, 0.1) is 19.6 Å². The quantitative estimate of drug-likeness (QED) is 0.737. The molecule has 1 aliphatic rings. The zero-order valence-corrected chi connectivity index (χ0v) is 16.6. The topological polar surface area (TPSA) is 83.6 Å². The van der Waals surface area contributed by atoms with Gasteiger partial charge in [-0.15, -0.1) is 0 Å². The lowest BCUT2D eigenvalue weighted by Gasteiger charge is -2.34. The molecule has 1 aromatic heterocycles. The molecular weight excluding hydrogens is 375 g/mol. The maximum atomic E-state index is 14.3. The van der Waals surface area contributed by atoms with Gasteiger partial charge >= 0.3 is 0 Å². The number of halogens is 1. The fraction of sp³-hybridized carbons (Fsp3) is 0.381. The van der Waals surface area contributed by atoms with Crippen molar-refractivity contribution in [3.63, 3.8) is 0 Å². The van der Waals surface area contributed by atoms with Crippen LogP contribution < -0.4 is 15.4 Å². The molecule has 154 valence electrons. The fourth-order valence-electron chi connectivity index (χ4n) is 3.32. The molecule has 3 rings (SSSR count). The number of aryl methyl sites for hydroxylation is 1. The number of nitrogens with one attached hydrogen (secondary N) is 2. The van der Waals surface area contributed by atoms with Crippen LogP contribution in [0.2, 0.25) is 0 Å². The van der Waals surface area contributed by atoms with Gasteiger partial charge in [0.25, 0.3) is 0 Å². The van der Waals surface area contributed by atoms with Gasteiger partial charge in [-0.2, -0.15) is 0 Å². The highest BCUT2D eigenvalue weighted by molar-refractivity contribution is 5.88. The Morgan fingerprint density at radius 2 is 2.21 bits per heavy atom. The highest BCUT2D eigenvalue weighted by atomic mass is 19.1. The molecular formula is C21H25FN4O3. The number of hydrogen-bond acceptors (Lipinski definition) is 5. The molecule has 2 N–H and O–H groups in total. The van der Waals surface area contributed by atoms with Crippen molar-refractivity contribution in [2.45, 2.75) is 32.5 Å². The van der Waals surface area contributed by atoms with E-state index in [2.05, 4.69) is 15.6 Å². The summed E-state index contributed by atoms with van der Waals surface area (Å²) in [5.41, 5.74) is 2.41. The van der Waals surface area contributed by atoms with Crippen molar-refractivity contribution in [1.29, 1.82) is 0 Å². The number of aromatic nitrogens is 1. The minimum absolute atomic E-state index is 0.00768. The summed E-state index contributed by atoms with van der Waals surface area (Å²) in [4.78, 5) is 30.7. The second kappa shape index (κ2) is 9.47. The first-order chi connectivity index (χ1) is 14.0. The summed E-state index contributed by atoms with van der Waals surface area (Å²) in [6.45, 7) is 3.54. The summed E-state index contributed by atoms with van der Waals surface area (Å²) in [6, 6.07) is 5.84. The number of rotatable bonds is 7. The van der Waals surface area contributed by atoms with Crippen molar-refractivity contribution in [3.05, 3.63) is 59.2 Å². The third-order valence-electron chi connectivity index (χ3n) is 5.07. The number of hydrogen-bond donors (Lipinski definition) is 2.